The Morgan fingerprint density at radius 1 is 1.03 bits per heavy atom. The molecule has 0 aromatic heterocycles. The van der Waals surface area contributed by atoms with Gasteiger partial charge in [-0.2, -0.15) is 0 Å². The Hall–Kier alpha value is -2.53. The summed E-state index contributed by atoms with van der Waals surface area (Å²) in [7, 11) is 0. The lowest BCUT2D eigenvalue weighted by Gasteiger charge is -2.31. The molecule has 0 radical (unpaired) electrons. The maximum atomic E-state index is 12.0. The van der Waals surface area contributed by atoms with Crippen LogP contribution in [0.15, 0.2) is 48.5 Å². The van der Waals surface area contributed by atoms with Gasteiger partial charge in [0.2, 0.25) is 0 Å². The van der Waals surface area contributed by atoms with Gasteiger partial charge in [-0.25, -0.2) is 4.79 Å². The summed E-state index contributed by atoms with van der Waals surface area (Å²) in [5.41, 5.74) is 4.11. The SMILES string of the molecule is CC(C)(C)OC(=O)NC1CCC(Nc2cc(CCO)ccc2-c2ccccc2)CC1. The van der Waals surface area contributed by atoms with E-state index < -0.39 is 5.60 Å². The molecule has 0 aliphatic heterocycles. The molecule has 30 heavy (non-hydrogen) atoms. The number of aliphatic hydroxyl groups excluding tert-OH is 1. The van der Waals surface area contributed by atoms with Crippen molar-refractivity contribution in [1.82, 2.24) is 5.32 Å². The van der Waals surface area contributed by atoms with Gasteiger partial charge in [0, 0.05) is 29.9 Å². The van der Waals surface area contributed by atoms with Crippen LogP contribution in [0.1, 0.15) is 52.0 Å². The van der Waals surface area contributed by atoms with E-state index in [2.05, 4.69) is 41.0 Å². The van der Waals surface area contributed by atoms with Crippen molar-refractivity contribution < 1.29 is 14.6 Å². The zero-order chi connectivity index (χ0) is 21.6. The number of benzene rings is 2. The van der Waals surface area contributed by atoms with E-state index in [-0.39, 0.29) is 18.7 Å². The molecule has 0 heterocycles. The molecule has 162 valence electrons. The maximum Gasteiger partial charge on any atom is 0.407 e. The predicted octanol–water partition coefficient (Wildman–Crippen LogP) is 5.14. The first-order chi connectivity index (χ1) is 14.3. The lowest BCUT2D eigenvalue weighted by Crippen LogP contribution is -2.42. The van der Waals surface area contributed by atoms with E-state index in [1.807, 2.05) is 39.0 Å². The third kappa shape index (κ3) is 6.49. The maximum absolute atomic E-state index is 12.0. The van der Waals surface area contributed by atoms with Crippen molar-refractivity contribution in [2.24, 2.45) is 0 Å². The molecule has 0 bridgehead atoms. The van der Waals surface area contributed by atoms with Gasteiger partial charge in [0.25, 0.3) is 0 Å². The number of aliphatic hydroxyl groups is 1. The summed E-state index contributed by atoms with van der Waals surface area (Å²) in [6, 6.07) is 17.3. The molecule has 0 spiro atoms. The van der Waals surface area contributed by atoms with Crippen LogP contribution < -0.4 is 10.6 Å². The highest BCUT2D eigenvalue weighted by Crippen LogP contribution is 2.32. The molecule has 2 aromatic carbocycles. The number of carbonyl (C=O) groups excluding carboxylic acids is 1. The van der Waals surface area contributed by atoms with Crippen molar-refractivity contribution in [2.75, 3.05) is 11.9 Å². The fourth-order valence-corrected chi connectivity index (χ4v) is 3.94. The van der Waals surface area contributed by atoms with Crippen molar-refractivity contribution in [3.05, 3.63) is 54.1 Å². The molecule has 0 atom stereocenters. The van der Waals surface area contributed by atoms with Crippen LogP contribution in [0.4, 0.5) is 10.5 Å². The van der Waals surface area contributed by atoms with E-state index in [1.165, 1.54) is 11.1 Å². The number of carbonyl (C=O) groups is 1. The normalized spacial score (nSPS) is 19.2. The quantitative estimate of drug-likeness (QED) is 0.617. The van der Waals surface area contributed by atoms with E-state index in [4.69, 9.17) is 4.74 Å². The van der Waals surface area contributed by atoms with Gasteiger partial charge in [-0.15, -0.1) is 0 Å². The molecular formula is C25H34N2O3. The standard InChI is InChI=1S/C25H34N2O3/c1-25(2,3)30-24(29)27-21-12-10-20(11-13-21)26-23-17-18(15-16-28)9-14-22(23)19-7-5-4-6-8-19/h4-9,14,17,20-21,26,28H,10-13,15-16H2,1-3H3,(H,27,29). The van der Waals surface area contributed by atoms with Gasteiger partial charge in [-0.05, 0) is 70.1 Å². The zero-order valence-corrected chi connectivity index (χ0v) is 18.3. The van der Waals surface area contributed by atoms with E-state index >= 15 is 0 Å². The molecule has 3 rings (SSSR count). The number of ether oxygens (including phenoxy) is 1. The van der Waals surface area contributed by atoms with E-state index in [9.17, 15) is 9.90 Å². The smallest absolute Gasteiger partial charge is 0.407 e. The van der Waals surface area contributed by atoms with Crippen molar-refractivity contribution in [2.45, 2.75) is 70.6 Å². The lowest BCUT2D eigenvalue weighted by atomic mass is 9.90. The van der Waals surface area contributed by atoms with E-state index in [1.54, 1.807) is 0 Å². The topological polar surface area (TPSA) is 70.6 Å². The average Bonchev–Trinajstić information content (AvgIpc) is 2.69. The lowest BCUT2D eigenvalue weighted by molar-refractivity contribution is 0.0492. The Bertz CT molecular complexity index is 822. The fraction of sp³-hybridized carbons (Fsp3) is 0.480. The molecule has 0 saturated heterocycles. The predicted molar refractivity (Wildman–Crippen MR) is 122 cm³/mol. The van der Waals surface area contributed by atoms with Crippen molar-refractivity contribution >= 4 is 11.8 Å². The molecule has 1 aliphatic rings. The van der Waals surface area contributed by atoms with E-state index in [0.717, 1.165) is 36.9 Å². The van der Waals surface area contributed by atoms with Crippen LogP contribution >= 0.6 is 0 Å². The summed E-state index contributed by atoms with van der Waals surface area (Å²) in [5.74, 6) is 0. The van der Waals surface area contributed by atoms with Crippen LogP contribution in [0.2, 0.25) is 0 Å². The third-order valence-corrected chi connectivity index (χ3v) is 5.38. The van der Waals surface area contributed by atoms with Crippen LogP contribution in [0.5, 0.6) is 0 Å². The van der Waals surface area contributed by atoms with E-state index in [0.29, 0.717) is 12.5 Å². The van der Waals surface area contributed by atoms with Crippen molar-refractivity contribution in [3.63, 3.8) is 0 Å². The molecule has 5 heteroatoms. The zero-order valence-electron chi connectivity index (χ0n) is 18.3. The largest absolute Gasteiger partial charge is 0.444 e. The highest BCUT2D eigenvalue weighted by atomic mass is 16.6. The number of amides is 1. The molecule has 3 N–H and O–H groups in total. The second-order valence-electron chi connectivity index (χ2n) is 9.06. The Kier molecular flexibility index (Phi) is 7.38. The third-order valence-electron chi connectivity index (χ3n) is 5.38. The molecule has 1 aliphatic carbocycles. The molecule has 5 nitrogen and oxygen atoms in total. The second-order valence-corrected chi connectivity index (χ2v) is 9.06. The Labute approximate surface area is 179 Å². The fourth-order valence-electron chi connectivity index (χ4n) is 3.94. The van der Waals surface area contributed by atoms with Gasteiger partial charge in [-0.1, -0.05) is 42.5 Å². The molecular weight excluding hydrogens is 376 g/mol. The summed E-state index contributed by atoms with van der Waals surface area (Å²) in [4.78, 5) is 12.0. The summed E-state index contributed by atoms with van der Waals surface area (Å²) >= 11 is 0. The minimum atomic E-state index is -0.476. The number of hydrogen-bond donors (Lipinski definition) is 3. The monoisotopic (exact) mass is 410 g/mol. The van der Waals surface area contributed by atoms with Crippen LogP contribution in [0.25, 0.3) is 11.1 Å². The number of nitrogens with one attached hydrogen (secondary N) is 2. The van der Waals surface area contributed by atoms with Gasteiger partial charge < -0.3 is 20.5 Å². The number of anilines is 1. The molecule has 0 unspecified atom stereocenters. The van der Waals surface area contributed by atoms with Gasteiger partial charge in [0.15, 0.2) is 0 Å². The minimum absolute atomic E-state index is 0.144. The Morgan fingerprint density at radius 3 is 2.33 bits per heavy atom. The van der Waals surface area contributed by atoms with Crippen LogP contribution in [0.3, 0.4) is 0 Å². The molecule has 1 fully saturated rings. The summed E-state index contributed by atoms with van der Waals surface area (Å²) in [5, 5.41) is 16.1. The minimum Gasteiger partial charge on any atom is -0.444 e. The van der Waals surface area contributed by atoms with Crippen LogP contribution in [0, 0.1) is 0 Å². The summed E-state index contributed by atoms with van der Waals surface area (Å²) < 4.78 is 5.38. The highest BCUT2D eigenvalue weighted by molar-refractivity contribution is 5.78. The number of alkyl carbamates (subject to hydrolysis) is 1. The van der Waals surface area contributed by atoms with Gasteiger partial charge >= 0.3 is 6.09 Å². The first kappa shape index (κ1) is 22.2. The Morgan fingerprint density at radius 2 is 1.70 bits per heavy atom. The van der Waals surface area contributed by atoms with Gasteiger partial charge in [0.05, 0.1) is 0 Å². The van der Waals surface area contributed by atoms with Crippen LogP contribution in [-0.4, -0.2) is 35.5 Å². The number of hydrogen-bond acceptors (Lipinski definition) is 4. The first-order valence-corrected chi connectivity index (χ1v) is 10.9. The Balaban J connectivity index is 1.64. The highest BCUT2D eigenvalue weighted by Gasteiger charge is 2.25. The second kappa shape index (κ2) is 9.98. The summed E-state index contributed by atoms with van der Waals surface area (Å²) in [6.45, 7) is 5.78. The van der Waals surface area contributed by atoms with Gasteiger partial charge in [0.1, 0.15) is 5.60 Å². The molecule has 1 saturated carbocycles. The average molecular weight is 411 g/mol. The molecule has 2 aromatic rings. The van der Waals surface area contributed by atoms with Crippen molar-refractivity contribution in [3.8, 4) is 11.1 Å². The van der Waals surface area contributed by atoms with Crippen LogP contribution in [-0.2, 0) is 11.2 Å². The van der Waals surface area contributed by atoms with Gasteiger partial charge in [-0.3, -0.25) is 0 Å². The molecule has 1 amide bonds. The number of rotatable bonds is 6. The summed E-state index contributed by atoms with van der Waals surface area (Å²) in [6.07, 6.45) is 4.14. The first-order valence-electron chi connectivity index (χ1n) is 10.9. The van der Waals surface area contributed by atoms with Crippen molar-refractivity contribution in [1.29, 1.82) is 0 Å².